The van der Waals surface area contributed by atoms with E-state index in [2.05, 4.69) is 215 Å². The predicted molar refractivity (Wildman–Crippen MR) is 282 cm³/mol. The van der Waals surface area contributed by atoms with Crippen molar-refractivity contribution in [3.8, 4) is 67.8 Å². The van der Waals surface area contributed by atoms with Gasteiger partial charge < -0.3 is 9.13 Å². The number of nitrogens with zero attached hydrogens (tertiary/aromatic N) is 5. The molecule has 5 nitrogen and oxygen atoms in total. The van der Waals surface area contributed by atoms with Gasteiger partial charge in [-0.1, -0.05) is 164 Å². The van der Waals surface area contributed by atoms with E-state index < -0.39 is 0 Å². The third-order valence-corrected chi connectivity index (χ3v) is 13.7. The number of aryl methyl sites for hydroxylation is 1. The van der Waals surface area contributed by atoms with Crippen molar-refractivity contribution < 1.29 is 0 Å². The standard InChI is InChI=1S/C63H45N5/c1-3-18-42(19-4-1)44-22-15-23-45(38-44)46-36-37-60(68-58-34-13-9-30-53(58)54-31-10-14-35-59(54)68)55(41-46)47-24-16-25-48(39-47)62-64-61(43-20-5-2-6-21-43)65-63(66-62)49-26-17-27-50(40-49)67-56-32-11-7-28-51(56)52-29-8-12-33-57(52)67/h1-3,5-7,9-18,20-28,30-41H,4,8,19,29H2. The first-order chi connectivity index (χ1) is 33.7. The molecule has 3 aromatic heterocycles. The Balaban J connectivity index is 0.983. The molecule has 0 saturated carbocycles. The summed E-state index contributed by atoms with van der Waals surface area (Å²) in [5.74, 6) is 1.87. The van der Waals surface area contributed by atoms with Crippen LogP contribution in [0.2, 0.25) is 0 Å². The normalized spacial score (nSPS) is 13.3. The lowest BCUT2D eigenvalue weighted by Crippen LogP contribution is -2.03. The summed E-state index contributed by atoms with van der Waals surface area (Å²) >= 11 is 0. The van der Waals surface area contributed by atoms with Crippen LogP contribution < -0.4 is 0 Å². The fraction of sp³-hybridized carbons (Fsp3) is 0.0635. The molecule has 2 aliphatic rings. The molecule has 0 spiro atoms. The van der Waals surface area contributed by atoms with Gasteiger partial charge in [-0.05, 0) is 120 Å². The first-order valence-corrected chi connectivity index (χ1v) is 23.6. The molecular weight excluding hydrogens is 827 g/mol. The highest BCUT2D eigenvalue weighted by atomic mass is 15.0. The van der Waals surface area contributed by atoms with Gasteiger partial charge in [-0.2, -0.15) is 0 Å². The maximum Gasteiger partial charge on any atom is 0.164 e. The van der Waals surface area contributed by atoms with E-state index in [1.54, 1.807) is 0 Å². The summed E-state index contributed by atoms with van der Waals surface area (Å²) in [6.07, 6.45) is 15.4. The average molecular weight is 872 g/mol. The van der Waals surface area contributed by atoms with Crippen LogP contribution in [0.5, 0.6) is 0 Å². The van der Waals surface area contributed by atoms with Gasteiger partial charge in [0.05, 0.1) is 22.2 Å². The van der Waals surface area contributed by atoms with Gasteiger partial charge in [-0.15, -0.1) is 0 Å². The molecule has 0 atom stereocenters. The zero-order chi connectivity index (χ0) is 45.0. The first-order valence-electron chi connectivity index (χ1n) is 23.6. The molecule has 3 heterocycles. The molecule has 322 valence electrons. The van der Waals surface area contributed by atoms with Gasteiger partial charge in [0.15, 0.2) is 17.5 Å². The molecule has 0 bridgehead atoms. The van der Waals surface area contributed by atoms with Gasteiger partial charge in [0.2, 0.25) is 0 Å². The molecule has 11 aromatic rings. The highest BCUT2D eigenvalue weighted by Gasteiger charge is 2.21. The van der Waals surface area contributed by atoms with Crippen LogP contribution in [0, 0.1) is 0 Å². The minimum atomic E-state index is 0.616. The lowest BCUT2D eigenvalue weighted by atomic mass is 9.92. The molecular formula is C63H45N5. The zero-order valence-electron chi connectivity index (χ0n) is 37.4. The predicted octanol–water partition coefficient (Wildman–Crippen LogP) is 15.9. The summed E-state index contributed by atoms with van der Waals surface area (Å²) in [6, 6.07) is 69.8. The largest absolute Gasteiger partial charge is 0.310 e. The Labute approximate surface area is 395 Å². The molecule has 68 heavy (non-hydrogen) atoms. The summed E-state index contributed by atoms with van der Waals surface area (Å²) in [5, 5.41) is 3.76. The van der Waals surface area contributed by atoms with E-state index in [9.17, 15) is 0 Å². The third-order valence-electron chi connectivity index (χ3n) is 13.7. The van der Waals surface area contributed by atoms with Crippen molar-refractivity contribution in [2.45, 2.75) is 25.7 Å². The van der Waals surface area contributed by atoms with Crippen molar-refractivity contribution in [1.29, 1.82) is 0 Å². The maximum absolute atomic E-state index is 5.32. The Morgan fingerprint density at radius 1 is 0.382 bits per heavy atom. The van der Waals surface area contributed by atoms with E-state index in [0.717, 1.165) is 70.4 Å². The highest BCUT2D eigenvalue weighted by Crippen LogP contribution is 2.41. The Morgan fingerprint density at radius 3 is 1.68 bits per heavy atom. The summed E-state index contributed by atoms with van der Waals surface area (Å²) in [7, 11) is 0. The number of aromatic nitrogens is 5. The molecule has 0 radical (unpaired) electrons. The molecule has 5 heteroatoms. The first kappa shape index (κ1) is 39.7. The molecule has 0 aliphatic heterocycles. The van der Waals surface area contributed by atoms with Gasteiger partial charge in [-0.25, -0.2) is 15.0 Å². The van der Waals surface area contributed by atoms with Crippen molar-refractivity contribution >= 4 is 44.4 Å². The summed E-state index contributed by atoms with van der Waals surface area (Å²) < 4.78 is 4.81. The number of fused-ring (bicyclic) bond motifs is 6. The van der Waals surface area contributed by atoms with Gasteiger partial charge >= 0.3 is 0 Å². The maximum atomic E-state index is 5.32. The summed E-state index contributed by atoms with van der Waals surface area (Å²) in [4.78, 5) is 15.7. The molecule has 0 unspecified atom stereocenters. The van der Waals surface area contributed by atoms with Crippen LogP contribution in [0.1, 0.15) is 36.1 Å². The van der Waals surface area contributed by atoms with E-state index in [4.69, 9.17) is 15.0 Å². The Kier molecular flexibility index (Phi) is 9.71. The Bertz CT molecular complexity index is 3810. The van der Waals surface area contributed by atoms with E-state index in [0.29, 0.717) is 17.5 Å². The van der Waals surface area contributed by atoms with E-state index in [-0.39, 0.29) is 0 Å². The van der Waals surface area contributed by atoms with Gasteiger partial charge in [-0.3, -0.25) is 0 Å². The summed E-state index contributed by atoms with van der Waals surface area (Å²) in [6.45, 7) is 0. The Hall–Kier alpha value is -8.67. The van der Waals surface area contributed by atoms with Crippen molar-refractivity contribution in [1.82, 2.24) is 24.1 Å². The van der Waals surface area contributed by atoms with E-state index >= 15 is 0 Å². The second-order valence-electron chi connectivity index (χ2n) is 17.8. The zero-order valence-corrected chi connectivity index (χ0v) is 37.4. The quantitative estimate of drug-likeness (QED) is 0.153. The molecule has 0 N–H and O–H groups in total. The van der Waals surface area contributed by atoms with Crippen molar-refractivity contribution in [3.63, 3.8) is 0 Å². The van der Waals surface area contributed by atoms with Crippen LogP contribution >= 0.6 is 0 Å². The van der Waals surface area contributed by atoms with Crippen molar-refractivity contribution in [2.75, 3.05) is 0 Å². The highest BCUT2D eigenvalue weighted by molar-refractivity contribution is 6.10. The van der Waals surface area contributed by atoms with Crippen LogP contribution in [0.4, 0.5) is 0 Å². The monoisotopic (exact) mass is 871 g/mol. The molecule has 13 rings (SSSR count). The molecule has 0 saturated heterocycles. The molecule has 8 aromatic carbocycles. The van der Waals surface area contributed by atoms with Crippen LogP contribution in [-0.4, -0.2) is 24.1 Å². The number of hydrogen-bond acceptors (Lipinski definition) is 3. The SMILES string of the molecule is C1=CCCC(c2cccc(-c3ccc(-n4c5ccccc5c5ccccc54)c(-c4cccc(-c5nc(-c6ccccc6)nc(-c6cccc(-n7c8c(c9ccccc97)CCC=C8)c6)n5)c4)c3)c2)=C1. The van der Waals surface area contributed by atoms with E-state index in [1.807, 2.05) is 18.2 Å². The summed E-state index contributed by atoms with van der Waals surface area (Å²) in [5.41, 5.74) is 18.3. The lowest BCUT2D eigenvalue weighted by Gasteiger charge is -2.17. The van der Waals surface area contributed by atoms with Gasteiger partial charge in [0.25, 0.3) is 0 Å². The fourth-order valence-electron chi connectivity index (χ4n) is 10.5. The number of rotatable bonds is 8. The lowest BCUT2D eigenvalue weighted by molar-refractivity contribution is 0.967. The number of benzene rings is 8. The topological polar surface area (TPSA) is 48.5 Å². The molecule has 2 aliphatic carbocycles. The second kappa shape index (κ2) is 16.6. The van der Waals surface area contributed by atoms with Crippen LogP contribution in [0.3, 0.4) is 0 Å². The second-order valence-corrected chi connectivity index (χ2v) is 17.8. The third kappa shape index (κ3) is 6.90. The van der Waals surface area contributed by atoms with Gasteiger partial charge in [0.1, 0.15) is 0 Å². The van der Waals surface area contributed by atoms with Crippen molar-refractivity contribution in [2.24, 2.45) is 0 Å². The number of allylic oxidation sites excluding steroid dienone is 5. The van der Waals surface area contributed by atoms with E-state index in [1.165, 1.54) is 60.7 Å². The van der Waals surface area contributed by atoms with Crippen LogP contribution in [0.15, 0.2) is 218 Å². The van der Waals surface area contributed by atoms with Gasteiger partial charge in [0, 0.05) is 49.8 Å². The number of para-hydroxylation sites is 3. The Morgan fingerprint density at radius 2 is 0.941 bits per heavy atom. The number of hydrogen-bond donors (Lipinski definition) is 0. The minimum absolute atomic E-state index is 0.616. The van der Waals surface area contributed by atoms with Crippen LogP contribution in [-0.2, 0) is 6.42 Å². The smallest absolute Gasteiger partial charge is 0.164 e. The van der Waals surface area contributed by atoms with Crippen molar-refractivity contribution in [3.05, 3.63) is 235 Å². The minimum Gasteiger partial charge on any atom is -0.310 e. The average Bonchev–Trinajstić information content (AvgIpc) is 3.94. The fourth-order valence-corrected chi connectivity index (χ4v) is 10.5. The van der Waals surface area contributed by atoms with Crippen LogP contribution in [0.25, 0.3) is 112 Å². The molecule has 0 fully saturated rings. The molecule has 0 amide bonds.